The first-order valence-electron chi connectivity index (χ1n) is 11.3. The molecule has 0 aliphatic rings. The van der Waals surface area contributed by atoms with Crippen LogP contribution in [0.15, 0.2) is 88.9 Å². The Labute approximate surface area is 213 Å². The minimum absolute atomic E-state index is 0.315. The van der Waals surface area contributed by atoms with E-state index >= 15 is 0 Å². The molecule has 0 unspecified atom stereocenters. The van der Waals surface area contributed by atoms with E-state index in [1.165, 1.54) is 5.56 Å². The fourth-order valence-corrected chi connectivity index (χ4v) is 5.36. The van der Waals surface area contributed by atoms with Crippen molar-refractivity contribution in [2.75, 3.05) is 6.61 Å². The Hall–Kier alpha value is -3.48. The Morgan fingerprint density at radius 2 is 1.83 bits per heavy atom. The average molecular weight is 502 g/mol. The Bertz CT molecular complexity index is 1540. The van der Waals surface area contributed by atoms with Gasteiger partial charge in [-0.25, -0.2) is 9.48 Å². The van der Waals surface area contributed by atoms with Crippen molar-refractivity contribution in [1.29, 1.82) is 0 Å². The van der Waals surface area contributed by atoms with Gasteiger partial charge < -0.3 is 9.30 Å². The lowest BCUT2D eigenvalue weighted by atomic mass is 10.2. The molecule has 0 amide bonds. The third-order valence-electron chi connectivity index (χ3n) is 5.80. The minimum Gasteiger partial charge on any atom is -0.462 e. The predicted octanol–water partition coefficient (Wildman–Crippen LogP) is 7.41. The zero-order chi connectivity index (χ0) is 24.5. The van der Waals surface area contributed by atoms with Crippen LogP contribution in [0.5, 0.6) is 0 Å². The summed E-state index contributed by atoms with van der Waals surface area (Å²) in [6, 6.07) is 21.7. The number of aryl methyl sites for hydroxylation is 1. The van der Waals surface area contributed by atoms with Crippen LogP contribution in [0.2, 0.25) is 5.02 Å². The van der Waals surface area contributed by atoms with Crippen molar-refractivity contribution < 1.29 is 9.53 Å². The van der Waals surface area contributed by atoms with Crippen LogP contribution in [0, 0.1) is 13.8 Å². The Morgan fingerprint density at radius 1 is 1.03 bits per heavy atom. The van der Waals surface area contributed by atoms with Crippen LogP contribution in [0.3, 0.4) is 0 Å². The number of carbonyl (C=O) groups excluding carboxylic acids is 1. The van der Waals surface area contributed by atoms with Gasteiger partial charge in [0.2, 0.25) is 0 Å². The number of halogens is 1. The summed E-state index contributed by atoms with van der Waals surface area (Å²) in [6.07, 6.45) is 3.89. The van der Waals surface area contributed by atoms with Crippen molar-refractivity contribution in [3.63, 3.8) is 0 Å². The average Bonchev–Trinajstić information content (AvgIpc) is 3.43. The maximum Gasteiger partial charge on any atom is 0.338 e. The van der Waals surface area contributed by atoms with Crippen molar-refractivity contribution in [3.8, 4) is 11.4 Å². The molecule has 2 heterocycles. The highest BCUT2D eigenvalue weighted by molar-refractivity contribution is 7.99. The van der Waals surface area contributed by atoms with E-state index in [-0.39, 0.29) is 5.97 Å². The molecule has 0 fully saturated rings. The Balaban J connectivity index is 1.58. The van der Waals surface area contributed by atoms with Crippen LogP contribution in [-0.4, -0.2) is 26.9 Å². The van der Waals surface area contributed by atoms with E-state index in [4.69, 9.17) is 16.3 Å². The number of hydrogen-bond acceptors (Lipinski definition) is 4. The summed E-state index contributed by atoms with van der Waals surface area (Å²) >= 11 is 8.03. The number of fused-ring (bicyclic) bond motifs is 1. The molecule has 176 valence electrons. The van der Waals surface area contributed by atoms with Gasteiger partial charge in [0, 0.05) is 25.9 Å². The van der Waals surface area contributed by atoms with Gasteiger partial charge in [-0.2, -0.15) is 5.10 Å². The molecule has 0 aliphatic heterocycles. The summed E-state index contributed by atoms with van der Waals surface area (Å²) in [5.74, 6) is -0.315. The standard InChI is InChI=1S/C28H24ClN3O2S/c1-4-34-28(33)20-6-5-7-24(14-20)35-27-19(3)32(26-15-21(29)10-13-25(26)27)23-16-30-31(17-23)22-11-8-18(2)9-12-22/h5-17H,4H2,1-3H3. The molecule has 3 aromatic carbocycles. The molecule has 5 rings (SSSR count). The van der Waals surface area contributed by atoms with Crippen LogP contribution in [0.25, 0.3) is 22.3 Å². The van der Waals surface area contributed by atoms with Gasteiger partial charge in [-0.3, -0.25) is 0 Å². The fraction of sp³-hybridized carbons (Fsp3) is 0.143. The van der Waals surface area contributed by atoms with Crippen LogP contribution >= 0.6 is 23.4 Å². The quantitative estimate of drug-likeness (QED) is 0.227. The SMILES string of the molecule is CCOC(=O)c1cccc(Sc2c(C)n(-c3cnn(-c4ccc(C)cc4)c3)c3cc(Cl)ccc23)c1. The number of rotatable bonds is 6. The van der Waals surface area contributed by atoms with Crippen molar-refractivity contribution >= 4 is 40.2 Å². The monoisotopic (exact) mass is 501 g/mol. The van der Waals surface area contributed by atoms with Crippen LogP contribution in [0.1, 0.15) is 28.5 Å². The van der Waals surface area contributed by atoms with Crippen LogP contribution < -0.4 is 0 Å². The molecule has 0 bridgehead atoms. The van der Waals surface area contributed by atoms with Crippen molar-refractivity contribution in [2.45, 2.75) is 30.6 Å². The van der Waals surface area contributed by atoms with E-state index in [1.807, 2.05) is 53.5 Å². The molecule has 35 heavy (non-hydrogen) atoms. The highest BCUT2D eigenvalue weighted by Gasteiger charge is 2.19. The van der Waals surface area contributed by atoms with Crippen molar-refractivity contribution in [1.82, 2.24) is 14.3 Å². The second-order valence-electron chi connectivity index (χ2n) is 8.24. The number of hydrogen-bond donors (Lipinski definition) is 0. The van der Waals surface area contributed by atoms with Gasteiger partial charge in [0.15, 0.2) is 0 Å². The van der Waals surface area contributed by atoms with Gasteiger partial charge in [-0.15, -0.1) is 0 Å². The van der Waals surface area contributed by atoms with E-state index < -0.39 is 0 Å². The smallest absolute Gasteiger partial charge is 0.338 e. The minimum atomic E-state index is -0.315. The van der Waals surface area contributed by atoms with Crippen LogP contribution in [-0.2, 0) is 4.74 Å². The highest BCUT2D eigenvalue weighted by Crippen LogP contribution is 2.40. The largest absolute Gasteiger partial charge is 0.462 e. The molecule has 2 aromatic heterocycles. The maximum absolute atomic E-state index is 12.2. The molecule has 0 spiro atoms. The molecule has 0 saturated carbocycles. The molecule has 0 aliphatic carbocycles. The van der Waals surface area contributed by atoms with Gasteiger partial charge in [-0.05, 0) is 63.2 Å². The summed E-state index contributed by atoms with van der Waals surface area (Å²) in [4.78, 5) is 14.3. The van der Waals surface area contributed by atoms with Crippen molar-refractivity contribution in [3.05, 3.63) is 101 Å². The number of benzene rings is 3. The summed E-state index contributed by atoms with van der Waals surface area (Å²) in [5, 5.41) is 6.36. The highest BCUT2D eigenvalue weighted by atomic mass is 35.5. The molecule has 7 heteroatoms. The van der Waals surface area contributed by atoms with Crippen molar-refractivity contribution in [2.24, 2.45) is 0 Å². The van der Waals surface area contributed by atoms with Gasteiger partial charge in [-0.1, -0.05) is 53.2 Å². The predicted molar refractivity (Wildman–Crippen MR) is 141 cm³/mol. The molecule has 0 saturated heterocycles. The van der Waals surface area contributed by atoms with E-state index in [1.54, 1.807) is 24.8 Å². The number of ether oxygens (including phenoxy) is 1. The first-order chi connectivity index (χ1) is 16.9. The molecular formula is C28H24ClN3O2S. The molecule has 5 nitrogen and oxygen atoms in total. The van der Waals surface area contributed by atoms with Crippen LogP contribution in [0.4, 0.5) is 0 Å². The van der Waals surface area contributed by atoms with Gasteiger partial charge in [0.05, 0.1) is 41.5 Å². The van der Waals surface area contributed by atoms with Gasteiger partial charge in [0.25, 0.3) is 0 Å². The maximum atomic E-state index is 12.2. The summed E-state index contributed by atoms with van der Waals surface area (Å²) in [7, 11) is 0. The normalized spacial score (nSPS) is 11.2. The second-order valence-corrected chi connectivity index (χ2v) is 9.76. The van der Waals surface area contributed by atoms with E-state index in [2.05, 4.69) is 47.8 Å². The lowest BCUT2D eigenvalue weighted by Crippen LogP contribution is -2.04. The van der Waals surface area contributed by atoms with E-state index in [0.717, 1.165) is 37.8 Å². The zero-order valence-corrected chi connectivity index (χ0v) is 21.2. The van der Waals surface area contributed by atoms with E-state index in [9.17, 15) is 4.79 Å². The first-order valence-corrected chi connectivity index (χ1v) is 12.5. The molecule has 0 N–H and O–H groups in total. The number of aromatic nitrogens is 3. The van der Waals surface area contributed by atoms with Gasteiger partial charge in [0.1, 0.15) is 0 Å². The molecule has 0 radical (unpaired) electrons. The van der Waals surface area contributed by atoms with E-state index in [0.29, 0.717) is 17.2 Å². The third-order valence-corrected chi connectivity index (χ3v) is 7.24. The molecule has 0 atom stereocenters. The fourth-order valence-electron chi connectivity index (χ4n) is 4.11. The Kier molecular flexibility index (Phi) is 6.41. The third kappa shape index (κ3) is 4.59. The first kappa shape index (κ1) is 23.3. The summed E-state index contributed by atoms with van der Waals surface area (Å²) < 4.78 is 9.22. The number of esters is 1. The number of nitrogens with zero attached hydrogens (tertiary/aromatic N) is 3. The Morgan fingerprint density at radius 3 is 2.60 bits per heavy atom. The zero-order valence-electron chi connectivity index (χ0n) is 19.7. The second kappa shape index (κ2) is 9.64. The molecular weight excluding hydrogens is 478 g/mol. The summed E-state index contributed by atoms with van der Waals surface area (Å²) in [5.41, 5.74) is 5.76. The summed E-state index contributed by atoms with van der Waals surface area (Å²) in [6.45, 7) is 6.31. The lowest BCUT2D eigenvalue weighted by molar-refractivity contribution is 0.0526. The topological polar surface area (TPSA) is 49.1 Å². The number of carbonyl (C=O) groups is 1. The van der Waals surface area contributed by atoms with Gasteiger partial charge >= 0.3 is 5.97 Å². The lowest BCUT2D eigenvalue weighted by Gasteiger charge is -2.07. The molecule has 5 aromatic rings.